The third-order valence-corrected chi connectivity index (χ3v) is 4.89. The molecule has 0 aliphatic carbocycles. The lowest BCUT2D eigenvalue weighted by molar-refractivity contribution is 0.602. The molecule has 3 rings (SSSR count). The fraction of sp³-hybridized carbons (Fsp3) is 0.267. The maximum absolute atomic E-state index is 11.8. The van der Waals surface area contributed by atoms with Crippen LogP contribution >= 0.6 is 0 Å². The van der Waals surface area contributed by atoms with E-state index in [1.165, 1.54) is 0 Å². The Kier molecular flexibility index (Phi) is 3.55. The Balaban J connectivity index is 1.90. The van der Waals surface area contributed by atoms with Crippen molar-refractivity contribution in [3.63, 3.8) is 0 Å². The van der Waals surface area contributed by atoms with Crippen LogP contribution in [0, 0.1) is 0 Å². The molecule has 5 nitrogen and oxygen atoms in total. The average molecular weight is 303 g/mol. The Hall–Kier alpha value is -2.08. The lowest BCUT2D eigenvalue weighted by Crippen LogP contribution is -2.17. The number of nitrogens with one attached hydrogen (secondary N) is 1. The van der Waals surface area contributed by atoms with Crippen LogP contribution in [0.3, 0.4) is 0 Å². The minimum atomic E-state index is -3.26. The molecule has 0 unspecified atom stereocenters. The maximum Gasteiger partial charge on any atom is 0.232 e. The number of sulfonamides is 1. The third-order valence-electron chi connectivity index (χ3n) is 3.60. The molecule has 110 valence electrons. The summed E-state index contributed by atoms with van der Waals surface area (Å²) in [5, 5.41) is 0. The summed E-state index contributed by atoms with van der Waals surface area (Å²) in [6.45, 7) is 3.04. The van der Waals surface area contributed by atoms with Gasteiger partial charge in [-0.3, -0.25) is 4.72 Å². The van der Waals surface area contributed by atoms with Crippen LogP contribution in [-0.2, 0) is 23.1 Å². The van der Waals surface area contributed by atoms with Gasteiger partial charge in [0.1, 0.15) is 5.82 Å². The van der Waals surface area contributed by atoms with Crippen molar-refractivity contribution in [2.75, 3.05) is 15.4 Å². The number of benzene rings is 1. The minimum absolute atomic E-state index is 0.0701. The predicted octanol–water partition coefficient (Wildman–Crippen LogP) is 2.36. The van der Waals surface area contributed by atoms with Crippen molar-refractivity contribution in [1.82, 2.24) is 4.98 Å². The van der Waals surface area contributed by atoms with E-state index in [2.05, 4.69) is 14.6 Å². The molecular weight excluding hydrogens is 286 g/mol. The van der Waals surface area contributed by atoms with Gasteiger partial charge < -0.3 is 4.90 Å². The molecule has 1 aliphatic rings. The summed E-state index contributed by atoms with van der Waals surface area (Å²) in [6, 6.07) is 11.5. The fourth-order valence-corrected chi connectivity index (χ4v) is 3.13. The highest BCUT2D eigenvalue weighted by Crippen LogP contribution is 2.32. The maximum atomic E-state index is 11.8. The molecule has 1 aromatic carbocycles. The second kappa shape index (κ2) is 5.37. The second-order valence-electron chi connectivity index (χ2n) is 4.99. The third kappa shape index (κ3) is 2.85. The molecule has 1 aromatic heterocycles. The summed E-state index contributed by atoms with van der Waals surface area (Å²) in [4.78, 5) is 6.48. The zero-order valence-electron chi connectivity index (χ0n) is 11.8. The van der Waals surface area contributed by atoms with Crippen molar-refractivity contribution < 1.29 is 8.42 Å². The minimum Gasteiger partial charge on any atom is -0.348 e. The topological polar surface area (TPSA) is 62.3 Å². The molecule has 0 fully saturated rings. The van der Waals surface area contributed by atoms with E-state index in [0.29, 0.717) is 12.2 Å². The first-order valence-electron chi connectivity index (χ1n) is 6.86. The molecule has 1 aliphatic heterocycles. The summed E-state index contributed by atoms with van der Waals surface area (Å²) >= 11 is 0. The predicted molar refractivity (Wildman–Crippen MR) is 83.6 cm³/mol. The Morgan fingerprint density at radius 1 is 1.19 bits per heavy atom. The van der Waals surface area contributed by atoms with E-state index in [0.717, 1.165) is 23.5 Å². The van der Waals surface area contributed by atoms with Crippen LogP contribution in [-0.4, -0.2) is 19.2 Å². The van der Waals surface area contributed by atoms with Crippen LogP contribution in [0.25, 0.3) is 0 Å². The van der Waals surface area contributed by atoms with Crippen LogP contribution in [0.15, 0.2) is 42.6 Å². The van der Waals surface area contributed by atoms with E-state index in [4.69, 9.17) is 0 Å². The first-order valence-corrected chi connectivity index (χ1v) is 8.51. The number of aromatic nitrogens is 1. The monoisotopic (exact) mass is 303 g/mol. The Morgan fingerprint density at radius 3 is 2.76 bits per heavy atom. The quantitative estimate of drug-likeness (QED) is 0.942. The highest BCUT2D eigenvalue weighted by atomic mass is 32.2. The van der Waals surface area contributed by atoms with E-state index in [9.17, 15) is 8.42 Å². The molecule has 0 spiro atoms. The highest BCUT2D eigenvalue weighted by molar-refractivity contribution is 7.92. The fourth-order valence-electron chi connectivity index (χ4n) is 2.46. The summed E-state index contributed by atoms with van der Waals surface area (Å²) in [5.41, 5.74) is 2.84. The van der Waals surface area contributed by atoms with E-state index in [1.54, 1.807) is 13.1 Å². The van der Waals surface area contributed by atoms with Crippen LogP contribution in [0.4, 0.5) is 11.5 Å². The largest absolute Gasteiger partial charge is 0.348 e. The van der Waals surface area contributed by atoms with Crippen molar-refractivity contribution in [3.05, 3.63) is 53.7 Å². The first-order chi connectivity index (χ1) is 10.1. The average Bonchev–Trinajstić information content (AvgIpc) is 2.93. The molecule has 1 N–H and O–H groups in total. The SMILES string of the molecule is CCS(=O)(=O)Nc1cccc2c1CN(c1ccccn1)C2. The first kappa shape index (κ1) is 13.9. The molecule has 0 atom stereocenters. The summed E-state index contributed by atoms with van der Waals surface area (Å²) in [7, 11) is -3.26. The van der Waals surface area contributed by atoms with Crippen LogP contribution < -0.4 is 9.62 Å². The number of pyridine rings is 1. The molecule has 21 heavy (non-hydrogen) atoms. The summed E-state index contributed by atoms with van der Waals surface area (Å²) in [5.74, 6) is 0.971. The van der Waals surface area contributed by atoms with E-state index in [-0.39, 0.29) is 5.75 Å². The molecule has 2 aromatic rings. The van der Waals surface area contributed by atoms with Crippen LogP contribution in [0.1, 0.15) is 18.1 Å². The number of hydrogen-bond acceptors (Lipinski definition) is 4. The molecule has 0 radical (unpaired) electrons. The number of fused-ring (bicyclic) bond motifs is 1. The number of rotatable bonds is 4. The van der Waals surface area contributed by atoms with E-state index in [1.807, 2.05) is 36.4 Å². The van der Waals surface area contributed by atoms with Gasteiger partial charge in [0.25, 0.3) is 0 Å². The smallest absolute Gasteiger partial charge is 0.232 e. The molecule has 2 heterocycles. The zero-order valence-corrected chi connectivity index (χ0v) is 12.6. The molecule has 0 saturated carbocycles. The van der Waals surface area contributed by atoms with Crippen molar-refractivity contribution in [1.29, 1.82) is 0 Å². The van der Waals surface area contributed by atoms with E-state index >= 15 is 0 Å². The Labute approximate surface area is 124 Å². The molecule has 0 amide bonds. The molecular formula is C15H17N3O2S. The summed E-state index contributed by atoms with van der Waals surface area (Å²) < 4.78 is 26.2. The van der Waals surface area contributed by atoms with Gasteiger partial charge in [0.05, 0.1) is 11.4 Å². The zero-order chi connectivity index (χ0) is 14.9. The van der Waals surface area contributed by atoms with Crippen molar-refractivity contribution in [3.8, 4) is 0 Å². The van der Waals surface area contributed by atoms with Gasteiger partial charge in [-0.1, -0.05) is 18.2 Å². The molecule has 0 bridgehead atoms. The van der Waals surface area contributed by atoms with Gasteiger partial charge in [0.2, 0.25) is 10.0 Å². The van der Waals surface area contributed by atoms with Gasteiger partial charge in [0, 0.05) is 24.8 Å². The lowest BCUT2D eigenvalue weighted by Gasteiger charge is -2.16. The van der Waals surface area contributed by atoms with Gasteiger partial charge in [-0.25, -0.2) is 13.4 Å². The Morgan fingerprint density at radius 2 is 2.05 bits per heavy atom. The number of hydrogen-bond donors (Lipinski definition) is 1. The number of nitrogens with zero attached hydrogens (tertiary/aromatic N) is 2. The molecule has 0 saturated heterocycles. The standard InChI is InChI=1S/C15H17N3O2S/c1-2-21(19,20)17-14-7-5-6-12-10-18(11-13(12)14)15-8-3-4-9-16-15/h3-9,17H,2,10-11H2,1H3. The van der Waals surface area contributed by atoms with Gasteiger partial charge in [-0.05, 0) is 30.7 Å². The summed E-state index contributed by atoms with van der Waals surface area (Å²) in [6.07, 6.45) is 1.76. The van der Waals surface area contributed by atoms with Gasteiger partial charge >= 0.3 is 0 Å². The number of anilines is 2. The van der Waals surface area contributed by atoms with Gasteiger partial charge in [0.15, 0.2) is 0 Å². The lowest BCUT2D eigenvalue weighted by atomic mass is 10.1. The van der Waals surface area contributed by atoms with E-state index < -0.39 is 10.0 Å². The van der Waals surface area contributed by atoms with Crippen molar-refractivity contribution >= 4 is 21.5 Å². The van der Waals surface area contributed by atoms with Gasteiger partial charge in [-0.2, -0.15) is 0 Å². The van der Waals surface area contributed by atoms with Crippen molar-refractivity contribution in [2.45, 2.75) is 20.0 Å². The van der Waals surface area contributed by atoms with Crippen LogP contribution in [0.2, 0.25) is 0 Å². The van der Waals surface area contributed by atoms with Gasteiger partial charge in [-0.15, -0.1) is 0 Å². The Bertz CT molecular complexity index is 745. The second-order valence-corrected chi connectivity index (χ2v) is 7.00. The van der Waals surface area contributed by atoms with Crippen LogP contribution in [0.5, 0.6) is 0 Å². The highest BCUT2D eigenvalue weighted by Gasteiger charge is 2.23. The van der Waals surface area contributed by atoms with Crippen molar-refractivity contribution in [2.24, 2.45) is 0 Å². The normalized spacial score (nSPS) is 14.0. The molecule has 6 heteroatoms.